The number of methoxy groups -OCH3 is 1. The Morgan fingerprint density at radius 3 is 2.78 bits per heavy atom. The second kappa shape index (κ2) is 10.3. The van der Waals surface area contributed by atoms with Crippen LogP contribution in [0.4, 0.5) is 0 Å². The summed E-state index contributed by atoms with van der Waals surface area (Å²) in [6.45, 7) is 6.48. The zero-order valence-corrected chi connectivity index (χ0v) is 19.0. The highest BCUT2D eigenvalue weighted by Gasteiger charge is 2.26. The number of nitrogens with zero attached hydrogens (tertiary/aromatic N) is 3. The standard InChI is InChI=1S/C24H32N4O4/c1-17-21(13-26-24(30)22-7-6-19(32-22)16-31-2)20-8-11-28(14-18(20)12-25-17)23(29)15-27-9-4-3-5-10-27/h6-7,12H,3-5,8-11,13-16H2,1-2H3,(H,26,30). The first-order chi connectivity index (χ1) is 15.5. The van der Waals surface area contributed by atoms with Crippen LogP contribution >= 0.6 is 0 Å². The van der Waals surface area contributed by atoms with Gasteiger partial charge in [0, 0.05) is 38.6 Å². The minimum atomic E-state index is -0.265. The van der Waals surface area contributed by atoms with E-state index in [0.717, 1.165) is 36.3 Å². The van der Waals surface area contributed by atoms with Crippen molar-refractivity contribution in [3.63, 3.8) is 0 Å². The van der Waals surface area contributed by atoms with Gasteiger partial charge in [-0.3, -0.25) is 19.5 Å². The van der Waals surface area contributed by atoms with Gasteiger partial charge in [0.05, 0.1) is 6.54 Å². The Morgan fingerprint density at radius 1 is 1.19 bits per heavy atom. The maximum absolute atomic E-state index is 12.8. The molecule has 172 valence electrons. The van der Waals surface area contributed by atoms with Gasteiger partial charge in [-0.25, -0.2) is 0 Å². The van der Waals surface area contributed by atoms with Crippen LogP contribution in [-0.2, 0) is 35.6 Å². The van der Waals surface area contributed by atoms with Crippen molar-refractivity contribution in [2.75, 3.05) is 33.3 Å². The molecule has 2 aliphatic rings. The van der Waals surface area contributed by atoms with Gasteiger partial charge in [-0.15, -0.1) is 0 Å². The lowest BCUT2D eigenvalue weighted by Crippen LogP contribution is -2.44. The molecule has 0 atom stereocenters. The molecule has 8 nitrogen and oxygen atoms in total. The molecular weight excluding hydrogens is 408 g/mol. The first kappa shape index (κ1) is 22.5. The number of nitrogens with one attached hydrogen (secondary N) is 1. The van der Waals surface area contributed by atoms with E-state index in [4.69, 9.17) is 9.15 Å². The number of aromatic nitrogens is 1. The first-order valence-electron chi connectivity index (χ1n) is 11.4. The topological polar surface area (TPSA) is 87.9 Å². The van der Waals surface area contributed by atoms with Crippen LogP contribution in [0.2, 0.25) is 0 Å². The molecule has 8 heteroatoms. The van der Waals surface area contributed by atoms with Gasteiger partial charge in [0.25, 0.3) is 5.91 Å². The van der Waals surface area contributed by atoms with Gasteiger partial charge in [-0.05, 0) is 68.1 Å². The van der Waals surface area contributed by atoms with Crippen molar-refractivity contribution in [2.45, 2.75) is 52.3 Å². The van der Waals surface area contributed by atoms with Crippen LogP contribution in [0, 0.1) is 6.92 Å². The molecule has 0 saturated carbocycles. The fourth-order valence-corrected chi connectivity index (χ4v) is 4.55. The summed E-state index contributed by atoms with van der Waals surface area (Å²) in [7, 11) is 1.58. The monoisotopic (exact) mass is 440 g/mol. The van der Waals surface area contributed by atoms with E-state index in [2.05, 4.69) is 15.2 Å². The van der Waals surface area contributed by atoms with E-state index in [1.165, 1.54) is 24.8 Å². The number of piperidine rings is 1. The van der Waals surface area contributed by atoms with Crippen molar-refractivity contribution in [1.29, 1.82) is 0 Å². The van der Waals surface area contributed by atoms with E-state index < -0.39 is 0 Å². The Balaban J connectivity index is 1.39. The predicted octanol–water partition coefficient (Wildman–Crippen LogP) is 2.43. The van der Waals surface area contributed by atoms with Crippen LogP contribution in [0.3, 0.4) is 0 Å². The molecule has 1 fully saturated rings. The third kappa shape index (κ3) is 5.19. The summed E-state index contributed by atoms with van der Waals surface area (Å²) in [5, 5.41) is 2.95. The number of rotatable bonds is 7. The van der Waals surface area contributed by atoms with Gasteiger partial charge >= 0.3 is 0 Å². The Morgan fingerprint density at radius 2 is 2.00 bits per heavy atom. The van der Waals surface area contributed by atoms with Gasteiger partial charge in [0.1, 0.15) is 12.4 Å². The van der Waals surface area contributed by atoms with E-state index in [1.54, 1.807) is 19.2 Å². The summed E-state index contributed by atoms with van der Waals surface area (Å²) in [5.41, 5.74) is 4.19. The molecule has 0 aliphatic carbocycles. The van der Waals surface area contributed by atoms with Gasteiger partial charge in [0.2, 0.25) is 5.91 Å². The number of pyridine rings is 1. The van der Waals surface area contributed by atoms with Crippen LogP contribution in [-0.4, -0.2) is 59.9 Å². The molecule has 0 unspecified atom stereocenters. The summed E-state index contributed by atoms with van der Waals surface area (Å²) < 4.78 is 10.6. The normalized spacial score (nSPS) is 16.6. The van der Waals surface area contributed by atoms with Crippen molar-refractivity contribution in [2.24, 2.45) is 0 Å². The largest absolute Gasteiger partial charge is 0.453 e. The predicted molar refractivity (Wildman–Crippen MR) is 119 cm³/mol. The van der Waals surface area contributed by atoms with Crippen molar-refractivity contribution in [3.05, 3.63) is 52.2 Å². The quantitative estimate of drug-likeness (QED) is 0.712. The molecule has 2 aliphatic heterocycles. The summed E-state index contributed by atoms with van der Waals surface area (Å²) >= 11 is 0. The average Bonchev–Trinajstić information content (AvgIpc) is 3.27. The number of carbonyl (C=O) groups is 2. The Kier molecular flexibility index (Phi) is 7.22. The Bertz CT molecular complexity index is 965. The molecule has 1 saturated heterocycles. The highest BCUT2D eigenvalue weighted by Crippen LogP contribution is 2.24. The lowest BCUT2D eigenvalue weighted by atomic mass is 9.94. The maximum Gasteiger partial charge on any atom is 0.287 e. The SMILES string of the molecule is COCc1ccc(C(=O)NCc2c(C)ncc3c2CCN(C(=O)CN2CCCCC2)C3)o1. The summed E-state index contributed by atoms with van der Waals surface area (Å²) in [6, 6.07) is 3.40. The maximum atomic E-state index is 12.8. The number of aryl methyl sites for hydroxylation is 1. The zero-order valence-electron chi connectivity index (χ0n) is 19.0. The second-order valence-corrected chi connectivity index (χ2v) is 8.61. The lowest BCUT2D eigenvalue weighted by Gasteiger charge is -2.33. The number of ether oxygens (including phenoxy) is 1. The van der Waals surface area contributed by atoms with Crippen LogP contribution < -0.4 is 5.32 Å². The van der Waals surface area contributed by atoms with Crippen molar-refractivity contribution in [1.82, 2.24) is 20.1 Å². The number of carbonyl (C=O) groups excluding carboxylic acids is 2. The smallest absolute Gasteiger partial charge is 0.287 e. The van der Waals surface area contributed by atoms with E-state index >= 15 is 0 Å². The minimum absolute atomic E-state index is 0.192. The first-order valence-corrected chi connectivity index (χ1v) is 11.4. The average molecular weight is 441 g/mol. The minimum Gasteiger partial charge on any atom is -0.453 e. The molecule has 0 bridgehead atoms. The van der Waals surface area contributed by atoms with Gasteiger partial charge in [-0.1, -0.05) is 6.42 Å². The van der Waals surface area contributed by atoms with Crippen molar-refractivity contribution >= 4 is 11.8 Å². The molecule has 2 aromatic rings. The number of hydrogen-bond donors (Lipinski definition) is 1. The molecule has 4 heterocycles. The summed E-state index contributed by atoms with van der Waals surface area (Å²) in [5.74, 6) is 0.806. The van der Waals surface area contributed by atoms with E-state index in [1.807, 2.05) is 18.0 Å². The van der Waals surface area contributed by atoms with Gasteiger partial charge in [0.15, 0.2) is 5.76 Å². The fourth-order valence-electron chi connectivity index (χ4n) is 4.55. The van der Waals surface area contributed by atoms with E-state index in [0.29, 0.717) is 38.5 Å². The number of fused-ring (bicyclic) bond motifs is 1. The van der Waals surface area contributed by atoms with Crippen LogP contribution in [0.1, 0.15) is 58.0 Å². The molecule has 2 amide bonds. The van der Waals surface area contributed by atoms with E-state index in [9.17, 15) is 9.59 Å². The molecule has 1 N–H and O–H groups in total. The Hall–Kier alpha value is -2.71. The van der Waals surface area contributed by atoms with Gasteiger partial charge in [-0.2, -0.15) is 0 Å². The third-order valence-electron chi connectivity index (χ3n) is 6.35. The second-order valence-electron chi connectivity index (χ2n) is 8.61. The molecule has 2 aromatic heterocycles. The molecule has 32 heavy (non-hydrogen) atoms. The highest BCUT2D eigenvalue weighted by atomic mass is 16.5. The number of furan rings is 1. The van der Waals surface area contributed by atoms with Crippen LogP contribution in [0.5, 0.6) is 0 Å². The molecule has 0 radical (unpaired) electrons. The third-order valence-corrected chi connectivity index (χ3v) is 6.35. The van der Waals surface area contributed by atoms with Crippen molar-refractivity contribution in [3.8, 4) is 0 Å². The van der Waals surface area contributed by atoms with Crippen molar-refractivity contribution < 1.29 is 18.7 Å². The summed E-state index contributed by atoms with van der Waals surface area (Å²) in [4.78, 5) is 34.1. The number of likely N-dealkylation sites (tertiary alicyclic amines) is 1. The summed E-state index contributed by atoms with van der Waals surface area (Å²) in [6.07, 6.45) is 6.27. The van der Waals surface area contributed by atoms with Crippen LogP contribution in [0.25, 0.3) is 0 Å². The molecule has 4 rings (SSSR count). The lowest BCUT2D eigenvalue weighted by molar-refractivity contribution is -0.133. The molecule has 0 spiro atoms. The van der Waals surface area contributed by atoms with Crippen LogP contribution in [0.15, 0.2) is 22.7 Å². The molecule has 0 aromatic carbocycles. The highest BCUT2D eigenvalue weighted by molar-refractivity contribution is 5.91. The number of amides is 2. The van der Waals surface area contributed by atoms with Gasteiger partial charge < -0.3 is 19.4 Å². The number of hydrogen-bond acceptors (Lipinski definition) is 6. The zero-order chi connectivity index (χ0) is 22.5. The van der Waals surface area contributed by atoms with E-state index in [-0.39, 0.29) is 17.6 Å². The fraction of sp³-hybridized carbons (Fsp3) is 0.542. The molecular formula is C24H32N4O4. The Labute approximate surface area is 188 Å².